The van der Waals surface area contributed by atoms with Gasteiger partial charge >= 0.3 is 0 Å². The number of carbonyl (C=O) groups is 4. The minimum atomic E-state index is -0.813. The fourth-order valence-electron chi connectivity index (χ4n) is 10.6. The predicted molar refractivity (Wildman–Crippen MR) is 418 cm³/mol. The van der Waals surface area contributed by atoms with Crippen LogP contribution < -0.4 is 21.3 Å². The van der Waals surface area contributed by atoms with Gasteiger partial charge in [-0.25, -0.2) is 54.8 Å². The first kappa shape index (κ1) is 72.7. The molecule has 1 atom stereocenters. The number of fused-ring (bicyclic) bond motifs is 4. The van der Waals surface area contributed by atoms with Gasteiger partial charge in [0.25, 0.3) is 0 Å². The van der Waals surface area contributed by atoms with Crippen molar-refractivity contribution in [1.82, 2.24) is 79.3 Å². The number of amides is 4. The second-order valence-electron chi connectivity index (χ2n) is 24.1. The van der Waals surface area contributed by atoms with E-state index in [2.05, 4.69) is 108 Å². The van der Waals surface area contributed by atoms with E-state index >= 15 is 0 Å². The maximum Gasteiger partial charge on any atom is 0.235 e. The highest BCUT2D eigenvalue weighted by Crippen LogP contribution is 2.34. The predicted octanol–water partition coefficient (Wildman–Crippen LogP) is 15.0. The lowest BCUT2D eigenvalue weighted by Gasteiger charge is -2.24. The number of thiophene rings is 4. The molecule has 0 aliphatic carbocycles. The van der Waals surface area contributed by atoms with Gasteiger partial charge in [-0.2, -0.15) is 10.5 Å². The molecule has 16 aromatic rings. The third-order valence-electron chi connectivity index (χ3n) is 16.5. The van der Waals surface area contributed by atoms with Crippen molar-refractivity contribution in [3.63, 3.8) is 0 Å². The summed E-state index contributed by atoms with van der Waals surface area (Å²) in [4.78, 5) is 119. The van der Waals surface area contributed by atoms with Crippen molar-refractivity contribution >= 4 is 133 Å². The third-order valence-corrected chi connectivity index (χ3v) is 19.7. The zero-order chi connectivity index (χ0) is 74.8. The van der Waals surface area contributed by atoms with E-state index in [1.807, 2.05) is 150 Å². The van der Waals surface area contributed by atoms with Crippen LogP contribution in [0.4, 0.5) is 23.3 Å². The quantitative estimate of drug-likeness (QED) is 0.0620. The minimum Gasteiger partial charge on any atom is -0.337 e. The summed E-state index contributed by atoms with van der Waals surface area (Å²) in [7, 11) is 0. The van der Waals surface area contributed by atoms with Crippen LogP contribution in [0.2, 0.25) is 0 Å². The Hall–Kier alpha value is -13.7. The highest BCUT2D eigenvalue weighted by molar-refractivity contribution is 7.17. The average Bonchev–Trinajstić information content (AvgIpc) is 1.37. The number of pyridine rings is 4. The number of hydrogen-bond donors (Lipinski definition) is 4. The van der Waals surface area contributed by atoms with E-state index in [9.17, 15) is 19.2 Å². The number of aromatic nitrogens is 16. The summed E-state index contributed by atoms with van der Waals surface area (Å²) < 4.78 is 1.86. The number of nitrogens with one attached hydrogen (secondary N) is 4. The second kappa shape index (κ2) is 34.3. The van der Waals surface area contributed by atoms with Gasteiger partial charge in [-0.3, -0.25) is 39.1 Å². The summed E-state index contributed by atoms with van der Waals surface area (Å²) in [6.07, 6.45) is 18.1. The third kappa shape index (κ3) is 17.9. The molecule has 4 amide bonds. The smallest absolute Gasteiger partial charge is 0.235 e. The molecule has 0 fully saturated rings. The molecule has 108 heavy (non-hydrogen) atoms. The number of nitrogens with zero attached hydrogens (tertiary/aromatic N) is 18. The summed E-state index contributed by atoms with van der Waals surface area (Å²) in [5.41, 5.74) is 5.50. The van der Waals surface area contributed by atoms with E-state index in [0.29, 0.717) is 106 Å². The van der Waals surface area contributed by atoms with E-state index in [-0.39, 0.29) is 23.6 Å². The van der Waals surface area contributed by atoms with Gasteiger partial charge in [-0.1, -0.05) is 48.5 Å². The lowest BCUT2D eigenvalue weighted by atomic mass is 9.83. The van der Waals surface area contributed by atoms with Crippen LogP contribution in [0, 0.1) is 22.7 Å². The number of anilines is 4. The lowest BCUT2D eigenvalue weighted by Crippen LogP contribution is -2.35. The minimum absolute atomic E-state index is 0.105. The van der Waals surface area contributed by atoms with Gasteiger partial charge in [0, 0.05) is 69.0 Å². The van der Waals surface area contributed by atoms with E-state index in [0.717, 1.165) is 57.6 Å². The zero-order valence-corrected chi connectivity index (χ0v) is 60.9. The molecule has 14 heterocycles. The molecule has 0 saturated heterocycles. The van der Waals surface area contributed by atoms with Gasteiger partial charge in [0.05, 0.1) is 62.5 Å². The van der Waals surface area contributed by atoms with Gasteiger partial charge < -0.3 is 25.8 Å². The first-order chi connectivity index (χ1) is 52.7. The monoisotopic (exact) mass is 1500 g/mol. The van der Waals surface area contributed by atoms with Crippen LogP contribution >= 0.6 is 45.3 Å². The van der Waals surface area contributed by atoms with E-state index in [4.69, 9.17) is 10.5 Å². The van der Waals surface area contributed by atoms with E-state index in [1.165, 1.54) is 51.7 Å². The Bertz CT molecular complexity index is 5880. The van der Waals surface area contributed by atoms with Gasteiger partial charge in [-0.15, -0.1) is 45.3 Å². The molecule has 26 nitrogen and oxygen atoms in total. The van der Waals surface area contributed by atoms with Crippen molar-refractivity contribution in [2.75, 3.05) is 21.3 Å². The van der Waals surface area contributed by atoms with Crippen molar-refractivity contribution in [1.29, 1.82) is 10.5 Å². The highest BCUT2D eigenvalue weighted by atomic mass is 32.1. The zero-order valence-electron chi connectivity index (χ0n) is 57.7. The Morgan fingerprint density at radius 3 is 1.25 bits per heavy atom. The SMILES string of the molecule is CC(C(=O)Nc1nc(-c2ccccn2)nc2sccc12)c1ccc(C#N)cc1.CC(C)(C(=O)Nc1nc(-c2ccccn2)nc2sccc12)c1ccc(C#N)cc1.O=C(CCc1cncnc1)Nc1nc(-c2ccccn2)nc2sccc12.O=C(CCn1ccnc1)Nc1nc(-c2ccccn2)nc2sccc12. The van der Waals surface area contributed by atoms with Crippen LogP contribution in [0.15, 0.2) is 229 Å². The van der Waals surface area contributed by atoms with Crippen LogP contribution in [0.5, 0.6) is 0 Å². The molecule has 30 heteroatoms. The molecule has 0 radical (unpaired) electrons. The molecule has 0 aliphatic heterocycles. The van der Waals surface area contributed by atoms with Crippen LogP contribution in [0.1, 0.15) is 67.3 Å². The molecule has 0 spiro atoms. The van der Waals surface area contributed by atoms with Crippen LogP contribution in [-0.2, 0) is 37.6 Å². The average molecular weight is 1500 g/mol. The molecule has 530 valence electrons. The fraction of sp³-hybridized carbons (Fsp3) is 0.115. The molecular weight excluding hydrogens is 1440 g/mol. The van der Waals surface area contributed by atoms with Crippen molar-refractivity contribution in [3.8, 4) is 58.2 Å². The van der Waals surface area contributed by atoms with Crippen LogP contribution in [0.25, 0.3) is 86.9 Å². The molecule has 0 aliphatic rings. The summed E-state index contributed by atoms with van der Waals surface area (Å²) in [6.45, 7) is 6.07. The summed E-state index contributed by atoms with van der Waals surface area (Å²) >= 11 is 5.98. The Labute approximate surface area is 632 Å². The Kier molecular flexibility index (Phi) is 23.1. The van der Waals surface area contributed by atoms with E-state index in [1.54, 1.807) is 98.2 Å². The number of imidazole rings is 1. The number of carbonyl (C=O) groups excluding carboxylic acids is 4. The number of rotatable bonds is 18. The molecular formula is C78H60N22O4S4. The maximum atomic E-state index is 13.2. The number of hydrogen-bond acceptors (Lipinski definition) is 25. The topological polar surface area (TPSA) is 362 Å². The van der Waals surface area contributed by atoms with Crippen molar-refractivity contribution in [2.24, 2.45) is 0 Å². The Morgan fingerprint density at radius 1 is 0.463 bits per heavy atom. The first-order valence-electron chi connectivity index (χ1n) is 33.3. The van der Waals surface area contributed by atoms with Gasteiger partial charge in [0.2, 0.25) is 23.6 Å². The van der Waals surface area contributed by atoms with Crippen molar-refractivity contribution < 1.29 is 19.2 Å². The van der Waals surface area contributed by atoms with Crippen molar-refractivity contribution in [3.05, 3.63) is 257 Å². The second-order valence-corrected chi connectivity index (χ2v) is 27.7. The fourth-order valence-corrected chi connectivity index (χ4v) is 13.6. The number of aryl methyl sites for hydroxylation is 2. The summed E-state index contributed by atoms with van der Waals surface area (Å²) in [5, 5.41) is 40.6. The molecule has 16 rings (SSSR count). The molecule has 1 unspecified atom stereocenters. The maximum absolute atomic E-state index is 13.2. The molecule has 14 aromatic heterocycles. The standard InChI is InChI=1S/C22H17N5OS.C21H15N5OS.C18H14N6OS.C17H14N6OS/c1-22(2,15-8-6-14(13-23)7-9-15)21(28)27-18-16-10-12-29-20(16)26-19(25-18)17-5-3-4-11-24-17;1-13(15-7-5-14(12-22)6-8-15)20(27)25-18-16-9-11-28-21(16)26-19(24-18)17-4-2-3-10-23-17;25-15(5-4-12-9-19-11-20-10-12)22-16-13-6-8-26-18(13)24-17(23-16)14-3-1-2-7-21-14;24-14(4-8-23-9-7-18-11-23)20-15-12-5-10-25-17(12)22-16(21-15)13-3-1-2-6-19-13/h3-12H,1-2H3,(H,25,26,27,28);2-11,13H,1H3,(H,24,25,26,27);1-3,6-11H,4-5H2,(H,22,23,24,25);1-3,5-7,9-11H,4,8H2,(H,20,21,22,24). The summed E-state index contributed by atoms with van der Waals surface area (Å²) in [5.74, 6) is 2.89. The molecule has 2 aromatic carbocycles. The van der Waals surface area contributed by atoms with E-state index < -0.39 is 11.3 Å². The Morgan fingerprint density at radius 2 is 0.861 bits per heavy atom. The van der Waals surface area contributed by atoms with Crippen molar-refractivity contribution in [2.45, 2.75) is 57.9 Å². The van der Waals surface area contributed by atoms with Gasteiger partial charge in [-0.05, 0) is 162 Å². The van der Waals surface area contributed by atoms with Crippen LogP contribution in [-0.4, -0.2) is 103 Å². The van der Waals surface area contributed by atoms with Crippen LogP contribution in [0.3, 0.4) is 0 Å². The molecule has 4 N–H and O–H groups in total. The normalized spacial score (nSPS) is 11.2. The summed E-state index contributed by atoms with van der Waals surface area (Å²) in [6, 6.07) is 48.0. The number of benzene rings is 2. The van der Waals surface area contributed by atoms with Gasteiger partial charge in [0.1, 0.15) is 71.7 Å². The Balaban J connectivity index is 0.000000127. The first-order valence-corrected chi connectivity index (χ1v) is 36.8. The lowest BCUT2D eigenvalue weighted by molar-refractivity contribution is -0.120. The highest BCUT2D eigenvalue weighted by Gasteiger charge is 2.31. The van der Waals surface area contributed by atoms with Gasteiger partial charge in [0.15, 0.2) is 23.3 Å². The molecule has 0 bridgehead atoms. The number of nitriles is 2. The largest absolute Gasteiger partial charge is 0.337 e. The molecule has 0 saturated carbocycles.